The average molecular weight is 397 g/mol. The molecule has 0 saturated carbocycles. The number of Topliss-reactive ketones (excluding diaryl/α,β-unsaturated/α-hetero) is 1. The molecule has 0 radical (unpaired) electrons. The highest BCUT2D eigenvalue weighted by molar-refractivity contribution is 7.17. The lowest BCUT2D eigenvalue weighted by molar-refractivity contribution is 0.0478. The first kappa shape index (κ1) is 19.6. The van der Waals surface area contributed by atoms with E-state index < -0.39 is 5.97 Å². The topological polar surface area (TPSA) is 74.7 Å². The molecule has 3 rings (SSSR count). The van der Waals surface area contributed by atoms with E-state index in [1.54, 1.807) is 38.3 Å². The minimum absolute atomic E-state index is 0.330. The quantitative estimate of drug-likeness (QED) is 0.440. The maximum atomic E-state index is 12.4. The molecule has 0 bridgehead atoms. The molecule has 0 aliphatic heterocycles. The maximum absolute atomic E-state index is 12.4. The van der Waals surface area contributed by atoms with Crippen LogP contribution in [0.25, 0.3) is 10.6 Å². The fourth-order valence-corrected chi connectivity index (χ4v) is 3.56. The number of rotatable bonds is 7. The lowest BCUT2D eigenvalue weighted by Crippen LogP contribution is -2.14. The molecule has 0 fully saturated rings. The Kier molecular flexibility index (Phi) is 6.06. The Labute approximate surface area is 166 Å². The van der Waals surface area contributed by atoms with Gasteiger partial charge in [-0.1, -0.05) is 12.1 Å². The van der Waals surface area contributed by atoms with Crippen molar-refractivity contribution in [2.75, 3.05) is 20.8 Å². The number of aromatic nitrogens is 1. The van der Waals surface area contributed by atoms with E-state index in [-0.39, 0.29) is 12.4 Å². The highest BCUT2D eigenvalue weighted by Gasteiger charge is 2.20. The molecular formula is C21H19NO5S. The van der Waals surface area contributed by atoms with Crippen LogP contribution >= 0.6 is 11.3 Å². The van der Waals surface area contributed by atoms with Crippen molar-refractivity contribution >= 4 is 23.1 Å². The Hall–Kier alpha value is -3.19. The monoisotopic (exact) mass is 397 g/mol. The number of aryl methyl sites for hydroxylation is 1. The van der Waals surface area contributed by atoms with Crippen molar-refractivity contribution in [1.82, 2.24) is 4.98 Å². The summed E-state index contributed by atoms with van der Waals surface area (Å²) < 4.78 is 15.5. The number of carbonyl (C=O) groups is 2. The highest BCUT2D eigenvalue weighted by atomic mass is 32.1. The zero-order valence-corrected chi connectivity index (χ0v) is 16.5. The second-order valence-corrected chi connectivity index (χ2v) is 6.86. The van der Waals surface area contributed by atoms with Gasteiger partial charge in [0.1, 0.15) is 21.4 Å². The van der Waals surface area contributed by atoms with Gasteiger partial charge in [-0.05, 0) is 43.3 Å². The summed E-state index contributed by atoms with van der Waals surface area (Å²) in [6.45, 7) is 1.37. The van der Waals surface area contributed by atoms with E-state index in [9.17, 15) is 9.59 Å². The second kappa shape index (κ2) is 8.67. The molecule has 0 spiro atoms. The van der Waals surface area contributed by atoms with E-state index in [2.05, 4.69) is 4.98 Å². The normalized spacial score (nSPS) is 10.4. The SMILES string of the molecule is COc1ccc(-c2nc(C)c(C(=O)OCC(=O)c3ccccc3OC)s2)cc1. The Bertz CT molecular complexity index is 994. The zero-order valence-electron chi connectivity index (χ0n) is 15.7. The van der Waals surface area contributed by atoms with Gasteiger partial charge in [0.05, 0.1) is 25.5 Å². The largest absolute Gasteiger partial charge is 0.497 e. The third kappa shape index (κ3) is 4.20. The summed E-state index contributed by atoms with van der Waals surface area (Å²) in [5, 5.41) is 0.697. The summed E-state index contributed by atoms with van der Waals surface area (Å²) in [7, 11) is 3.09. The molecule has 0 saturated heterocycles. The lowest BCUT2D eigenvalue weighted by atomic mass is 10.1. The fraction of sp³-hybridized carbons (Fsp3) is 0.190. The van der Waals surface area contributed by atoms with Gasteiger partial charge in [-0.2, -0.15) is 0 Å². The molecule has 28 heavy (non-hydrogen) atoms. The first-order valence-electron chi connectivity index (χ1n) is 8.48. The van der Waals surface area contributed by atoms with Gasteiger partial charge in [0, 0.05) is 5.56 Å². The van der Waals surface area contributed by atoms with E-state index in [0.29, 0.717) is 26.9 Å². The van der Waals surface area contributed by atoms with Crippen molar-refractivity contribution in [2.45, 2.75) is 6.92 Å². The van der Waals surface area contributed by atoms with E-state index in [1.807, 2.05) is 24.3 Å². The van der Waals surface area contributed by atoms with Crippen LogP contribution in [0.2, 0.25) is 0 Å². The van der Waals surface area contributed by atoms with E-state index in [1.165, 1.54) is 18.4 Å². The molecule has 0 N–H and O–H groups in total. The summed E-state index contributed by atoms with van der Waals surface area (Å²) in [5.41, 5.74) is 1.81. The molecule has 0 aliphatic rings. The second-order valence-electron chi connectivity index (χ2n) is 5.86. The number of hydrogen-bond acceptors (Lipinski definition) is 7. The van der Waals surface area contributed by atoms with Crippen LogP contribution in [-0.2, 0) is 4.74 Å². The molecule has 0 unspecified atom stereocenters. The van der Waals surface area contributed by atoms with E-state index in [4.69, 9.17) is 14.2 Å². The standard InChI is InChI=1S/C21H19NO5S/c1-13-19(28-20(22-13)14-8-10-15(25-2)11-9-14)21(24)27-12-17(23)16-6-4-5-7-18(16)26-3/h4-11H,12H2,1-3H3. The zero-order chi connectivity index (χ0) is 20.1. The molecule has 2 aromatic carbocycles. The molecule has 6 nitrogen and oxygen atoms in total. The number of thiazole rings is 1. The number of para-hydroxylation sites is 1. The van der Waals surface area contributed by atoms with Gasteiger partial charge in [0.2, 0.25) is 5.78 Å². The van der Waals surface area contributed by atoms with Crippen LogP contribution in [0, 0.1) is 6.92 Å². The molecule has 1 aromatic heterocycles. The fourth-order valence-electron chi connectivity index (χ4n) is 2.59. The number of hydrogen-bond donors (Lipinski definition) is 0. The summed E-state index contributed by atoms with van der Waals surface area (Å²) in [5.74, 6) is 0.284. The number of benzene rings is 2. The Balaban J connectivity index is 1.71. The molecule has 3 aromatic rings. The predicted molar refractivity (Wildman–Crippen MR) is 106 cm³/mol. The van der Waals surface area contributed by atoms with Crippen LogP contribution in [0.3, 0.4) is 0 Å². The molecule has 0 atom stereocenters. The Morgan fingerprint density at radius 1 is 1.00 bits per heavy atom. The number of methoxy groups -OCH3 is 2. The molecule has 7 heteroatoms. The summed E-state index contributed by atoms with van der Waals surface area (Å²) in [4.78, 5) is 29.6. The number of esters is 1. The van der Waals surface area contributed by atoms with Gasteiger partial charge in [-0.15, -0.1) is 11.3 Å². The van der Waals surface area contributed by atoms with Gasteiger partial charge >= 0.3 is 5.97 Å². The van der Waals surface area contributed by atoms with Crippen molar-refractivity contribution < 1.29 is 23.8 Å². The smallest absolute Gasteiger partial charge is 0.350 e. The van der Waals surface area contributed by atoms with Gasteiger partial charge < -0.3 is 14.2 Å². The summed E-state index contributed by atoms with van der Waals surface area (Å²) in [6.07, 6.45) is 0. The van der Waals surface area contributed by atoms with Gasteiger partial charge in [-0.25, -0.2) is 9.78 Å². The molecule has 1 heterocycles. The van der Waals surface area contributed by atoms with Crippen LogP contribution < -0.4 is 9.47 Å². The first-order valence-corrected chi connectivity index (χ1v) is 9.30. The van der Waals surface area contributed by atoms with Crippen LogP contribution in [0.5, 0.6) is 11.5 Å². The lowest BCUT2D eigenvalue weighted by Gasteiger charge is -2.07. The van der Waals surface area contributed by atoms with Crippen LogP contribution in [-0.4, -0.2) is 37.6 Å². The van der Waals surface area contributed by atoms with Gasteiger partial charge in [0.25, 0.3) is 0 Å². The highest BCUT2D eigenvalue weighted by Crippen LogP contribution is 2.29. The van der Waals surface area contributed by atoms with Crippen molar-refractivity contribution in [2.24, 2.45) is 0 Å². The number of nitrogens with zero attached hydrogens (tertiary/aromatic N) is 1. The number of ketones is 1. The number of carbonyl (C=O) groups excluding carboxylic acids is 2. The van der Waals surface area contributed by atoms with Crippen molar-refractivity contribution in [3.8, 4) is 22.1 Å². The number of ether oxygens (including phenoxy) is 3. The van der Waals surface area contributed by atoms with Crippen LogP contribution in [0.4, 0.5) is 0 Å². The minimum atomic E-state index is -0.571. The van der Waals surface area contributed by atoms with Gasteiger partial charge in [-0.3, -0.25) is 4.79 Å². The maximum Gasteiger partial charge on any atom is 0.350 e. The van der Waals surface area contributed by atoms with Crippen molar-refractivity contribution in [3.05, 3.63) is 64.7 Å². The minimum Gasteiger partial charge on any atom is -0.497 e. The van der Waals surface area contributed by atoms with Crippen LogP contribution in [0.1, 0.15) is 25.7 Å². The van der Waals surface area contributed by atoms with Gasteiger partial charge in [0.15, 0.2) is 6.61 Å². The van der Waals surface area contributed by atoms with E-state index in [0.717, 1.165) is 11.3 Å². The average Bonchev–Trinajstić information content (AvgIpc) is 3.13. The predicted octanol–water partition coefficient (Wildman–Crippen LogP) is 4.18. The first-order chi connectivity index (χ1) is 13.5. The van der Waals surface area contributed by atoms with E-state index >= 15 is 0 Å². The molecule has 0 aliphatic carbocycles. The molecule has 0 amide bonds. The molecular weight excluding hydrogens is 378 g/mol. The van der Waals surface area contributed by atoms with Crippen LogP contribution in [0.15, 0.2) is 48.5 Å². The summed E-state index contributed by atoms with van der Waals surface area (Å²) in [6, 6.07) is 14.2. The summed E-state index contributed by atoms with van der Waals surface area (Å²) >= 11 is 1.23. The third-order valence-corrected chi connectivity index (χ3v) is 5.25. The third-order valence-electron chi connectivity index (χ3n) is 4.06. The Morgan fingerprint density at radius 3 is 2.39 bits per heavy atom. The van der Waals surface area contributed by atoms with Crippen molar-refractivity contribution in [3.63, 3.8) is 0 Å². The Morgan fingerprint density at radius 2 is 1.71 bits per heavy atom. The van der Waals surface area contributed by atoms with Crippen molar-refractivity contribution in [1.29, 1.82) is 0 Å². The molecule has 144 valence electrons.